The zero-order valence-electron chi connectivity index (χ0n) is 15.0. The van der Waals surface area contributed by atoms with E-state index < -0.39 is 0 Å². The van der Waals surface area contributed by atoms with Gasteiger partial charge in [0.25, 0.3) is 6.47 Å². The van der Waals surface area contributed by atoms with Crippen LogP contribution in [0.2, 0.25) is 0 Å². The Kier molecular flexibility index (Phi) is 6.17. The highest BCUT2D eigenvalue weighted by Gasteiger charge is 2.14. The molecule has 26 heavy (non-hydrogen) atoms. The normalized spacial score (nSPS) is 15.1. The second-order valence-corrected chi connectivity index (χ2v) is 6.63. The van der Waals surface area contributed by atoms with Crippen molar-refractivity contribution in [2.45, 2.75) is 19.4 Å². The molecule has 0 amide bonds. The number of hydrogen-bond donors (Lipinski definition) is 0. The fourth-order valence-electron chi connectivity index (χ4n) is 3.09. The SMILES string of the molecule is CN1CCN(c2ccc(CCc3ccc(COC=O)cc3F)nc2)CC1. The van der Waals surface area contributed by atoms with E-state index in [1.54, 1.807) is 12.1 Å². The highest BCUT2D eigenvalue weighted by atomic mass is 19.1. The van der Waals surface area contributed by atoms with Crippen LogP contribution in [0, 0.1) is 5.82 Å². The first-order chi connectivity index (χ1) is 12.7. The summed E-state index contributed by atoms with van der Waals surface area (Å²) < 4.78 is 18.8. The maximum Gasteiger partial charge on any atom is 0.293 e. The summed E-state index contributed by atoms with van der Waals surface area (Å²) >= 11 is 0. The van der Waals surface area contributed by atoms with Crippen LogP contribution in [0.5, 0.6) is 0 Å². The van der Waals surface area contributed by atoms with E-state index in [1.165, 1.54) is 6.07 Å². The summed E-state index contributed by atoms with van der Waals surface area (Å²) in [6.45, 7) is 4.62. The van der Waals surface area contributed by atoms with E-state index in [2.05, 4.69) is 32.6 Å². The van der Waals surface area contributed by atoms with E-state index in [0.29, 0.717) is 30.4 Å². The molecule has 2 heterocycles. The molecule has 0 atom stereocenters. The third kappa shape index (κ3) is 4.79. The van der Waals surface area contributed by atoms with Crippen molar-refractivity contribution in [1.29, 1.82) is 0 Å². The Morgan fingerprint density at radius 2 is 1.96 bits per heavy atom. The average molecular weight is 357 g/mol. The maximum absolute atomic E-state index is 14.1. The number of nitrogens with zero attached hydrogens (tertiary/aromatic N) is 3. The highest BCUT2D eigenvalue weighted by molar-refractivity contribution is 5.45. The number of carbonyl (C=O) groups is 1. The lowest BCUT2D eigenvalue weighted by Crippen LogP contribution is -2.44. The topological polar surface area (TPSA) is 45.7 Å². The molecule has 0 N–H and O–H groups in total. The van der Waals surface area contributed by atoms with Crippen LogP contribution in [0.4, 0.5) is 10.1 Å². The van der Waals surface area contributed by atoms with Gasteiger partial charge in [-0.3, -0.25) is 9.78 Å². The zero-order valence-corrected chi connectivity index (χ0v) is 15.0. The van der Waals surface area contributed by atoms with E-state index in [9.17, 15) is 9.18 Å². The third-order valence-electron chi connectivity index (χ3n) is 4.76. The predicted octanol–water partition coefficient (Wildman–Crippen LogP) is 2.43. The molecule has 3 rings (SSSR count). The maximum atomic E-state index is 14.1. The van der Waals surface area contributed by atoms with Crippen LogP contribution in [-0.4, -0.2) is 49.6 Å². The van der Waals surface area contributed by atoms with Crippen LogP contribution in [0.25, 0.3) is 0 Å². The Balaban J connectivity index is 1.55. The molecule has 138 valence electrons. The molecule has 2 aromatic rings. The number of aryl methyl sites for hydroxylation is 2. The molecule has 5 nitrogen and oxygen atoms in total. The second kappa shape index (κ2) is 8.76. The zero-order chi connectivity index (χ0) is 18.4. The Morgan fingerprint density at radius 1 is 1.15 bits per heavy atom. The van der Waals surface area contributed by atoms with Crippen molar-refractivity contribution in [1.82, 2.24) is 9.88 Å². The molecule has 1 aliphatic heterocycles. The number of likely N-dealkylation sites (N-methyl/N-ethyl adjacent to an activating group) is 1. The largest absolute Gasteiger partial charge is 0.463 e. The van der Waals surface area contributed by atoms with Crippen molar-refractivity contribution in [3.63, 3.8) is 0 Å². The van der Waals surface area contributed by atoms with Gasteiger partial charge in [-0.2, -0.15) is 0 Å². The van der Waals surface area contributed by atoms with E-state index in [-0.39, 0.29) is 12.4 Å². The van der Waals surface area contributed by atoms with Gasteiger partial charge in [0.05, 0.1) is 11.9 Å². The van der Waals surface area contributed by atoms with Crippen LogP contribution in [-0.2, 0) is 29.0 Å². The molecular weight excluding hydrogens is 333 g/mol. The Hall–Kier alpha value is -2.47. The first-order valence-corrected chi connectivity index (χ1v) is 8.86. The predicted molar refractivity (Wildman–Crippen MR) is 98.6 cm³/mol. The number of anilines is 1. The minimum atomic E-state index is -0.272. The lowest BCUT2D eigenvalue weighted by molar-refractivity contribution is -0.129. The summed E-state index contributed by atoms with van der Waals surface area (Å²) in [5.74, 6) is -0.272. The number of benzene rings is 1. The van der Waals surface area contributed by atoms with Gasteiger partial charge in [0.15, 0.2) is 0 Å². The summed E-state index contributed by atoms with van der Waals surface area (Å²) in [7, 11) is 2.14. The van der Waals surface area contributed by atoms with Crippen molar-refractivity contribution in [2.24, 2.45) is 0 Å². The van der Waals surface area contributed by atoms with Crippen LogP contribution in [0.15, 0.2) is 36.5 Å². The fourth-order valence-corrected chi connectivity index (χ4v) is 3.09. The number of pyridine rings is 1. The molecule has 1 saturated heterocycles. The van der Waals surface area contributed by atoms with Crippen molar-refractivity contribution in [3.05, 3.63) is 59.2 Å². The monoisotopic (exact) mass is 357 g/mol. The summed E-state index contributed by atoms with van der Waals surface area (Å²) in [6, 6.07) is 9.08. The molecule has 1 aliphatic rings. The van der Waals surface area contributed by atoms with Gasteiger partial charge in [0.1, 0.15) is 12.4 Å². The first-order valence-electron chi connectivity index (χ1n) is 8.86. The number of aromatic nitrogens is 1. The molecule has 1 aromatic heterocycles. The number of rotatable bonds is 7. The summed E-state index contributed by atoms with van der Waals surface area (Å²) in [5, 5.41) is 0. The van der Waals surface area contributed by atoms with Gasteiger partial charge >= 0.3 is 0 Å². The molecule has 1 aromatic carbocycles. The molecule has 0 bridgehead atoms. The lowest BCUT2D eigenvalue weighted by atomic mass is 10.0. The van der Waals surface area contributed by atoms with Crippen LogP contribution < -0.4 is 4.90 Å². The smallest absolute Gasteiger partial charge is 0.293 e. The minimum Gasteiger partial charge on any atom is -0.463 e. The van der Waals surface area contributed by atoms with Crippen LogP contribution in [0.1, 0.15) is 16.8 Å². The molecular formula is C20H24FN3O2. The molecule has 1 fully saturated rings. The van der Waals surface area contributed by atoms with Gasteiger partial charge in [0.2, 0.25) is 0 Å². The standard InChI is InChI=1S/C20H24FN3O2/c1-23-8-10-24(11-9-23)19-7-6-18(22-13-19)5-4-17-3-2-16(12-20(17)21)14-26-15-25/h2-3,6-7,12-13,15H,4-5,8-11,14H2,1H3. The van der Waals surface area contributed by atoms with Crippen LogP contribution >= 0.6 is 0 Å². The summed E-state index contributed by atoms with van der Waals surface area (Å²) in [6.07, 6.45) is 3.18. The van der Waals surface area contributed by atoms with Gasteiger partial charge in [-0.1, -0.05) is 12.1 Å². The van der Waals surface area contributed by atoms with E-state index >= 15 is 0 Å². The average Bonchev–Trinajstić information content (AvgIpc) is 2.67. The van der Waals surface area contributed by atoms with Gasteiger partial charge in [-0.15, -0.1) is 0 Å². The van der Waals surface area contributed by atoms with E-state index in [4.69, 9.17) is 0 Å². The van der Waals surface area contributed by atoms with Gasteiger partial charge in [0, 0.05) is 31.9 Å². The molecule has 0 unspecified atom stereocenters. The third-order valence-corrected chi connectivity index (χ3v) is 4.76. The Morgan fingerprint density at radius 3 is 2.62 bits per heavy atom. The van der Waals surface area contributed by atoms with Crippen molar-refractivity contribution in [2.75, 3.05) is 38.1 Å². The van der Waals surface area contributed by atoms with Gasteiger partial charge in [-0.25, -0.2) is 4.39 Å². The number of carbonyl (C=O) groups excluding carboxylic acids is 1. The number of ether oxygens (including phenoxy) is 1. The first kappa shape index (κ1) is 18.3. The molecule has 0 saturated carbocycles. The molecule has 0 spiro atoms. The van der Waals surface area contributed by atoms with Crippen molar-refractivity contribution >= 4 is 12.2 Å². The van der Waals surface area contributed by atoms with E-state index in [1.807, 2.05) is 12.3 Å². The molecule has 0 aliphatic carbocycles. The number of piperazine rings is 1. The second-order valence-electron chi connectivity index (χ2n) is 6.63. The fraction of sp³-hybridized carbons (Fsp3) is 0.400. The quantitative estimate of drug-likeness (QED) is 0.712. The van der Waals surface area contributed by atoms with Crippen LogP contribution in [0.3, 0.4) is 0 Å². The lowest BCUT2D eigenvalue weighted by Gasteiger charge is -2.33. The number of halogens is 1. The molecule has 6 heteroatoms. The summed E-state index contributed by atoms with van der Waals surface area (Å²) in [5.41, 5.74) is 3.39. The highest BCUT2D eigenvalue weighted by Crippen LogP contribution is 2.17. The Labute approximate surface area is 153 Å². The van der Waals surface area contributed by atoms with E-state index in [0.717, 1.165) is 37.6 Å². The number of hydrogen-bond acceptors (Lipinski definition) is 5. The Bertz CT molecular complexity index is 728. The summed E-state index contributed by atoms with van der Waals surface area (Å²) in [4.78, 5) is 19.4. The molecule has 0 radical (unpaired) electrons. The minimum absolute atomic E-state index is 0.0933. The van der Waals surface area contributed by atoms with Gasteiger partial charge < -0.3 is 14.5 Å². The van der Waals surface area contributed by atoms with Gasteiger partial charge in [-0.05, 0) is 49.2 Å². The van der Waals surface area contributed by atoms with Crippen molar-refractivity contribution in [3.8, 4) is 0 Å². The van der Waals surface area contributed by atoms with Crippen molar-refractivity contribution < 1.29 is 13.9 Å².